The summed E-state index contributed by atoms with van der Waals surface area (Å²) in [7, 11) is 0. The molecule has 0 fully saturated rings. The van der Waals surface area contributed by atoms with E-state index in [9.17, 15) is 26.3 Å². The summed E-state index contributed by atoms with van der Waals surface area (Å²) in [6.07, 6.45) is -8.23. The van der Waals surface area contributed by atoms with Crippen molar-refractivity contribution in [3.63, 3.8) is 0 Å². The first-order valence-corrected chi connectivity index (χ1v) is 12.2. The highest BCUT2D eigenvalue weighted by molar-refractivity contribution is 9.18. The Morgan fingerprint density at radius 1 is 1.03 bits per heavy atom. The van der Waals surface area contributed by atoms with Crippen LogP contribution in [0.1, 0.15) is 48.6 Å². The fraction of sp³-hybridized carbons (Fsp3) is 0.429. The van der Waals surface area contributed by atoms with Crippen LogP contribution in [0.5, 0.6) is 0 Å². The van der Waals surface area contributed by atoms with E-state index in [1.165, 1.54) is 22.5 Å². The Balaban J connectivity index is 1.80. The second-order valence-electron chi connectivity index (χ2n) is 8.19. The van der Waals surface area contributed by atoms with E-state index in [2.05, 4.69) is 36.3 Å². The zero-order valence-electron chi connectivity index (χ0n) is 19.7. The van der Waals surface area contributed by atoms with Crippen LogP contribution in [0.3, 0.4) is 0 Å². The monoisotopic (exact) mass is 612 g/mol. The fourth-order valence-corrected chi connectivity index (χ4v) is 4.70. The van der Waals surface area contributed by atoms with Gasteiger partial charge in [-0.3, -0.25) is 4.68 Å². The number of hydrazone groups is 1. The van der Waals surface area contributed by atoms with E-state index >= 15 is 0 Å². The lowest BCUT2D eigenvalue weighted by atomic mass is 10.2. The quantitative estimate of drug-likeness (QED) is 0.247. The van der Waals surface area contributed by atoms with Crippen LogP contribution >= 0.6 is 27.5 Å². The van der Waals surface area contributed by atoms with E-state index in [-0.39, 0.29) is 45.4 Å². The number of halogens is 8. The number of hydrogen-bond donors (Lipinski definition) is 0. The molecule has 0 amide bonds. The zero-order valence-corrected chi connectivity index (χ0v) is 22.0. The van der Waals surface area contributed by atoms with E-state index in [0.29, 0.717) is 12.1 Å². The molecule has 1 aliphatic heterocycles. The molecular formula is C21H20BrClF6N8+. The Kier molecular flexibility index (Phi) is 7.33. The van der Waals surface area contributed by atoms with E-state index in [4.69, 9.17) is 11.6 Å². The van der Waals surface area contributed by atoms with Gasteiger partial charge in [-0.15, -0.1) is 5.10 Å². The highest BCUT2D eigenvalue weighted by Gasteiger charge is 2.44. The largest absolute Gasteiger partial charge is 0.435 e. The summed E-state index contributed by atoms with van der Waals surface area (Å²) in [6, 6.07) is 2.51. The van der Waals surface area contributed by atoms with Crippen molar-refractivity contribution in [3.8, 4) is 0 Å². The van der Waals surface area contributed by atoms with Crippen molar-refractivity contribution in [3.05, 3.63) is 57.5 Å². The molecule has 1 radical (unpaired) electrons. The van der Waals surface area contributed by atoms with Crippen molar-refractivity contribution in [2.24, 2.45) is 5.10 Å². The summed E-state index contributed by atoms with van der Waals surface area (Å²) in [6.45, 7) is 5.02. The van der Waals surface area contributed by atoms with Gasteiger partial charge in [-0.1, -0.05) is 25.4 Å². The van der Waals surface area contributed by atoms with Crippen molar-refractivity contribution in [1.29, 1.82) is 0 Å². The van der Waals surface area contributed by atoms with Gasteiger partial charge in [0.2, 0.25) is 4.62 Å². The molecule has 0 aromatic carbocycles. The van der Waals surface area contributed by atoms with E-state index in [0.717, 1.165) is 21.7 Å². The smallest absolute Gasteiger partial charge is 0.264 e. The van der Waals surface area contributed by atoms with Crippen LogP contribution < -0.4 is 5.12 Å². The standard InChI is InChI=1S/C21H20BrClF6N8/c1-4-13-7-17(23)32-34(13)9-12-10-35(30-14(12)8-20(24,25)26)18-15(5-2)37(33-19(18)22)36-11(3)6-16(31-36)21(27,28)29/h6-7,10H,4-5,8-9H2,1-3H3/q+1. The van der Waals surface area contributed by atoms with E-state index in [1.807, 2.05) is 6.92 Å². The first kappa shape index (κ1) is 27.4. The summed E-state index contributed by atoms with van der Waals surface area (Å²) in [4.78, 5) is 0.982. The molecule has 8 nitrogen and oxygen atoms in total. The van der Waals surface area contributed by atoms with E-state index in [1.54, 1.807) is 13.0 Å². The average Bonchev–Trinajstić information content (AvgIpc) is 3.51. The topological polar surface area (TPSA) is 71.7 Å². The number of aromatic nitrogens is 6. The average molecular weight is 614 g/mol. The molecule has 0 bridgehead atoms. The molecule has 4 heterocycles. The number of aryl methyl sites for hydroxylation is 2. The fourth-order valence-electron chi connectivity index (χ4n) is 3.93. The van der Waals surface area contributed by atoms with E-state index < -0.39 is 24.5 Å². The first-order chi connectivity index (χ1) is 17.2. The number of rotatable bonds is 7. The molecule has 0 spiro atoms. The van der Waals surface area contributed by atoms with Gasteiger partial charge in [0.05, 0.1) is 18.7 Å². The lowest BCUT2D eigenvalue weighted by Crippen LogP contribution is -2.30. The zero-order chi connectivity index (χ0) is 27.3. The first-order valence-electron chi connectivity index (χ1n) is 11.0. The van der Waals surface area contributed by atoms with Gasteiger partial charge >= 0.3 is 12.4 Å². The Morgan fingerprint density at radius 2 is 1.73 bits per heavy atom. The van der Waals surface area contributed by atoms with Crippen LogP contribution in [0.4, 0.5) is 26.3 Å². The summed E-state index contributed by atoms with van der Waals surface area (Å²) >= 11 is 9.28. The maximum atomic E-state index is 13.4. The number of alkyl halides is 6. The van der Waals surface area contributed by atoms with Crippen molar-refractivity contribution in [1.82, 2.24) is 34.6 Å². The minimum atomic E-state index is -4.66. The molecule has 0 N–H and O–H groups in total. The molecule has 199 valence electrons. The highest BCUT2D eigenvalue weighted by Crippen LogP contribution is 2.33. The molecule has 0 saturated heterocycles. The molecule has 3 aromatic heterocycles. The number of hydrogen-bond acceptors (Lipinski definition) is 5. The lowest BCUT2D eigenvalue weighted by molar-refractivity contribution is -0.141. The van der Waals surface area contributed by atoms with Gasteiger partial charge < -0.3 is 0 Å². The van der Waals surface area contributed by atoms with Crippen LogP contribution in [0, 0.1) is 6.92 Å². The van der Waals surface area contributed by atoms with Gasteiger partial charge in [-0.05, 0) is 46.2 Å². The molecule has 37 heavy (non-hydrogen) atoms. The summed E-state index contributed by atoms with van der Waals surface area (Å²) < 4.78 is 82.7. The number of nitrogens with zero attached hydrogens (tertiary/aromatic N) is 8. The third kappa shape index (κ3) is 5.62. The highest BCUT2D eigenvalue weighted by atomic mass is 79.9. The second-order valence-corrected chi connectivity index (χ2v) is 9.33. The molecule has 0 saturated carbocycles. The predicted octanol–water partition coefficient (Wildman–Crippen LogP) is 5.88. The van der Waals surface area contributed by atoms with Crippen molar-refractivity contribution >= 4 is 37.8 Å². The Hall–Kier alpha value is -2.65. The van der Waals surface area contributed by atoms with Gasteiger partial charge in [0, 0.05) is 29.0 Å². The SMILES string of the molecule is CCC1=C(n2cc(Cn3nc(Cl)cc3CC)c(CC(F)(F)F)n2)C(Br)=N[N+]1n1nc(C(F)(F)F)cc1C. The minimum absolute atomic E-state index is 0.0122. The lowest BCUT2D eigenvalue weighted by Gasteiger charge is -2.08. The summed E-state index contributed by atoms with van der Waals surface area (Å²) in [5.74, 6) is 0. The molecule has 1 aliphatic rings. The number of allylic oxidation sites excluding steroid dienone is 2. The molecule has 0 atom stereocenters. The van der Waals surface area contributed by atoms with Gasteiger partial charge in [0.1, 0.15) is 10.8 Å². The van der Waals surface area contributed by atoms with Crippen LogP contribution in [-0.4, -0.2) is 40.2 Å². The Bertz CT molecular complexity index is 1380. The maximum Gasteiger partial charge on any atom is 0.435 e. The Morgan fingerprint density at radius 3 is 2.30 bits per heavy atom. The second kappa shape index (κ2) is 9.91. The summed E-state index contributed by atoms with van der Waals surface area (Å²) in [5, 5.41) is 17.6. The van der Waals surface area contributed by atoms with Gasteiger partial charge in [0.15, 0.2) is 16.5 Å². The minimum Gasteiger partial charge on any atom is -0.264 e. The third-order valence-corrected chi connectivity index (χ3v) is 6.27. The molecule has 0 unspecified atom stereocenters. The van der Waals surface area contributed by atoms with Crippen LogP contribution in [0.25, 0.3) is 5.70 Å². The molecular weight excluding hydrogens is 594 g/mol. The van der Waals surface area contributed by atoms with Gasteiger partial charge in [-0.2, -0.15) is 36.5 Å². The van der Waals surface area contributed by atoms with Crippen LogP contribution in [-0.2, 0) is 25.6 Å². The van der Waals surface area contributed by atoms with Crippen LogP contribution in [0.2, 0.25) is 5.15 Å². The molecule has 3 aromatic rings. The maximum absolute atomic E-state index is 13.4. The summed E-state index contributed by atoms with van der Waals surface area (Å²) in [5.41, 5.74) is 0.462. The molecule has 0 aliphatic carbocycles. The Labute approximate surface area is 220 Å². The van der Waals surface area contributed by atoms with Gasteiger partial charge in [0.25, 0.3) is 5.70 Å². The predicted molar refractivity (Wildman–Crippen MR) is 127 cm³/mol. The molecule has 16 heteroatoms. The van der Waals surface area contributed by atoms with Crippen LogP contribution in [0.15, 0.2) is 29.1 Å². The van der Waals surface area contributed by atoms with Crippen molar-refractivity contribution < 1.29 is 26.3 Å². The normalized spacial score (nSPS) is 15.3. The van der Waals surface area contributed by atoms with Crippen molar-refractivity contribution in [2.45, 2.75) is 58.9 Å². The molecule has 4 rings (SSSR count). The van der Waals surface area contributed by atoms with Gasteiger partial charge in [-0.25, -0.2) is 4.68 Å². The van der Waals surface area contributed by atoms with Crippen molar-refractivity contribution in [2.75, 3.05) is 0 Å². The third-order valence-electron chi connectivity index (χ3n) is 5.55.